The van der Waals surface area contributed by atoms with Gasteiger partial charge < -0.3 is 15.2 Å². The van der Waals surface area contributed by atoms with Crippen LogP contribution in [0.4, 0.5) is 0 Å². The first kappa shape index (κ1) is 35.9. The van der Waals surface area contributed by atoms with Gasteiger partial charge in [0.1, 0.15) is 6.04 Å². The monoisotopic (exact) mass is 525 g/mol. The first-order valence-electron chi connectivity index (χ1n) is 16.2. The average Bonchev–Trinajstić information content (AvgIpc) is 2.89. The maximum atomic E-state index is 12.0. The predicted octanol–water partition coefficient (Wildman–Crippen LogP) is 9.19. The summed E-state index contributed by atoms with van der Waals surface area (Å²) in [4.78, 5) is 24.0. The van der Waals surface area contributed by atoms with Crippen LogP contribution in [0, 0.1) is 0 Å². The average molecular weight is 526 g/mol. The molecule has 1 atom stereocenters. The van der Waals surface area contributed by atoms with E-state index >= 15 is 0 Å². The Morgan fingerprint density at radius 2 is 0.784 bits per heavy atom. The highest BCUT2D eigenvalue weighted by Gasteiger charge is 2.19. The lowest BCUT2D eigenvalue weighted by molar-refractivity contribution is -0.152. The van der Waals surface area contributed by atoms with Gasteiger partial charge in [0.2, 0.25) is 0 Å². The molecule has 0 aromatic carbocycles. The third-order valence-corrected chi connectivity index (χ3v) is 7.19. The predicted molar refractivity (Wildman–Crippen MR) is 157 cm³/mol. The van der Waals surface area contributed by atoms with E-state index in [-0.39, 0.29) is 6.42 Å². The molecule has 0 fully saturated rings. The molecule has 0 heterocycles. The Hall–Kier alpha value is -1.10. The van der Waals surface area contributed by atoms with Gasteiger partial charge in [-0.05, 0) is 12.8 Å². The molecule has 220 valence electrons. The van der Waals surface area contributed by atoms with Gasteiger partial charge in [-0.3, -0.25) is 9.59 Å². The van der Waals surface area contributed by atoms with Crippen LogP contribution in [0.15, 0.2) is 0 Å². The van der Waals surface area contributed by atoms with Crippen molar-refractivity contribution in [3.05, 3.63) is 0 Å². The van der Waals surface area contributed by atoms with Crippen LogP contribution in [-0.2, 0) is 19.1 Å². The highest BCUT2D eigenvalue weighted by molar-refractivity contribution is 5.82. The SMILES string of the molecule is CCCCCCCCCCCCCCOC(=O)C[C@H](N)C(=O)OCCCCCCCCCCCCCC. The van der Waals surface area contributed by atoms with Crippen LogP contribution < -0.4 is 5.73 Å². The van der Waals surface area contributed by atoms with Crippen molar-refractivity contribution in [1.29, 1.82) is 0 Å². The molecule has 0 aliphatic carbocycles. The Labute approximate surface area is 230 Å². The molecule has 0 aromatic heterocycles. The largest absolute Gasteiger partial charge is 0.466 e. The molecule has 0 saturated heterocycles. The van der Waals surface area contributed by atoms with Crippen LogP contribution in [0.3, 0.4) is 0 Å². The van der Waals surface area contributed by atoms with Crippen LogP contribution in [0.25, 0.3) is 0 Å². The normalized spacial score (nSPS) is 12.0. The van der Waals surface area contributed by atoms with Crippen LogP contribution in [0.2, 0.25) is 0 Å². The smallest absolute Gasteiger partial charge is 0.323 e. The summed E-state index contributed by atoms with van der Waals surface area (Å²) < 4.78 is 10.5. The maximum Gasteiger partial charge on any atom is 0.323 e. The summed E-state index contributed by atoms with van der Waals surface area (Å²) in [6.45, 7) is 5.32. The van der Waals surface area contributed by atoms with Crippen LogP contribution in [0.5, 0.6) is 0 Å². The molecule has 5 nitrogen and oxygen atoms in total. The van der Waals surface area contributed by atoms with Crippen molar-refractivity contribution in [3.63, 3.8) is 0 Å². The van der Waals surface area contributed by atoms with E-state index < -0.39 is 18.0 Å². The second kappa shape index (κ2) is 29.5. The number of carbonyl (C=O) groups is 2. The molecule has 0 bridgehead atoms. The van der Waals surface area contributed by atoms with E-state index in [0.29, 0.717) is 13.2 Å². The standard InChI is InChI=1S/C32H63NO4/c1-3-5-7-9-11-13-15-17-19-21-23-25-27-36-31(34)29-30(33)32(35)37-28-26-24-22-20-18-16-14-12-10-8-6-4-2/h30H,3-29,33H2,1-2H3/t30-/m0/s1. The molecule has 0 saturated carbocycles. The van der Waals surface area contributed by atoms with Gasteiger partial charge in [0.05, 0.1) is 19.6 Å². The van der Waals surface area contributed by atoms with Crippen molar-refractivity contribution >= 4 is 11.9 Å². The number of rotatable bonds is 29. The van der Waals surface area contributed by atoms with Crippen molar-refractivity contribution < 1.29 is 19.1 Å². The van der Waals surface area contributed by atoms with Gasteiger partial charge in [-0.2, -0.15) is 0 Å². The lowest BCUT2D eigenvalue weighted by Crippen LogP contribution is -2.35. The molecule has 0 aromatic rings. The number of esters is 2. The van der Waals surface area contributed by atoms with E-state index in [2.05, 4.69) is 13.8 Å². The number of carbonyl (C=O) groups excluding carboxylic acids is 2. The van der Waals surface area contributed by atoms with Crippen molar-refractivity contribution in [3.8, 4) is 0 Å². The van der Waals surface area contributed by atoms with E-state index in [4.69, 9.17) is 15.2 Å². The minimum atomic E-state index is -0.924. The first-order chi connectivity index (χ1) is 18.1. The highest BCUT2D eigenvalue weighted by Crippen LogP contribution is 2.13. The summed E-state index contributed by atoms with van der Waals surface area (Å²) >= 11 is 0. The molecule has 0 spiro atoms. The molecule has 5 heteroatoms. The van der Waals surface area contributed by atoms with Gasteiger partial charge in [0.25, 0.3) is 0 Å². The number of hydrogen-bond donors (Lipinski definition) is 1. The molecule has 37 heavy (non-hydrogen) atoms. The minimum absolute atomic E-state index is 0.102. The summed E-state index contributed by atoms with van der Waals surface area (Å²) in [6, 6.07) is -0.924. The van der Waals surface area contributed by atoms with E-state index in [0.717, 1.165) is 25.7 Å². The molecular formula is C32H63NO4. The van der Waals surface area contributed by atoms with Crippen molar-refractivity contribution in [2.24, 2.45) is 5.73 Å². The molecule has 0 aliphatic heterocycles. The van der Waals surface area contributed by atoms with E-state index in [9.17, 15) is 9.59 Å². The Morgan fingerprint density at radius 1 is 0.486 bits per heavy atom. The first-order valence-corrected chi connectivity index (χ1v) is 16.2. The van der Waals surface area contributed by atoms with E-state index in [1.807, 2.05) is 0 Å². The van der Waals surface area contributed by atoms with Gasteiger partial charge in [-0.25, -0.2) is 0 Å². The van der Waals surface area contributed by atoms with Crippen molar-refractivity contribution in [1.82, 2.24) is 0 Å². The Bertz CT molecular complexity index is 497. The topological polar surface area (TPSA) is 78.6 Å². The van der Waals surface area contributed by atoms with Gasteiger partial charge in [-0.15, -0.1) is 0 Å². The third-order valence-electron chi connectivity index (χ3n) is 7.19. The molecule has 0 unspecified atom stereocenters. The lowest BCUT2D eigenvalue weighted by Gasteiger charge is -2.11. The van der Waals surface area contributed by atoms with Crippen LogP contribution >= 0.6 is 0 Å². The second-order valence-corrected chi connectivity index (χ2v) is 11.0. The maximum absolute atomic E-state index is 12.0. The summed E-state index contributed by atoms with van der Waals surface area (Å²) in [5.41, 5.74) is 5.83. The van der Waals surface area contributed by atoms with Gasteiger partial charge in [-0.1, -0.05) is 155 Å². The molecular weight excluding hydrogens is 462 g/mol. The fourth-order valence-electron chi connectivity index (χ4n) is 4.67. The Kier molecular flexibility index (Phi) is 28.6. The van der Waals surface area contributed by atoms with Gasteiger partial charge in [0, 0.05) is 0 Å². The quantitative estimate of drug-likeness (QED) is 0.0777. The second-order valence-electron chi connectivity index (χ2n) is 11.0. The zero-order valence-corrected chi connectivity index (χ0v) is 24.9. The zero-order valence-electron chi connectivity index (χ0n) is 24.9. The minimum Gasteiger partial charge on any atom is -0.466 e. The lowest BCUT2D eigenvalue weighted by atomic mass is 10.1. The van der Waals surface area contributed by atoms with E-state index in [1.54, 1.807) is 0 Å². The molecule has 2 N–H and O–H groups in total. The van der Waals surface area contributed by atoms with Gasteiger partial charge in [0.15, 0.2) is 0 Å². The van der Waals surface area contributed by atoms with Gasteiger partial charge >= 0.3 is 11.9 Å². The molecule has 0 aliphatic rings. The summed E-state index contributed by atoms with van der Waals surface area (Å²) in [7, 11) is 0. The zero-order chi connectivity index (χ0) is 27.2. The van der Waals surface area contributed by atoms with E-state index in [1.165, 1.54) is 128 Å². The summed E-state index contributed by atoms with van der Waals surface area (Å²) in [6.07, 6.45) is 30.4. The Morgan fingerprint density at radius 3 is 1.14 bits per heavy atom. The molecule has 0 radical (unpaired) electrons. The fourth-order valence-corrected chi connectivity index (χ4v) is 4.67. The fraction of sp³-hybridized carbons (Fsp3) is 0.938. The highest BCUT2D eigenvalue weighted by atomic mass is 16.5. The van der Waals surface area contributed by atoms with Crippen LogP contribution in [0.1, 0.15) is 174 Å². The summed E-state index contributed by atoms with van der Waals surface area (Å²) in [5, 5.41) is 0. The number of ether oxygens (including phenoxy) is 2. The number of hydrogen-bond acceptors (Lipinski definition) is 5. The number of nitrogens with two attached hydrogens (primary N) is 1. The number of unbranched alkanes of at least 4 members (excludes halogenated alkanes) is 22. The van der Waals surface area contributed by atoms with Crippen LogP contribution in [-0.4, -0.2) is 31.2 Å². The molecule has 0 amide bonds. The van der Waals surface area contributed by atoms with Crippen molar-refractivity contribution in [2.45, 2.75) is 180 Å². The summed E-state index contributed by atoms with van der Waals surface area (Å²) in [5.74, 6) is -0.900. The molecule has 0 rings (SSSR count). The third kappa shape index (κ3) is 27.7. The van der Waals surface area contributed by atoms with Crippen molar-refractivity contribution in [2.75, 3.05) is 13.2 Å². The Balaban J connectivity index is 3.43.